The molecule has 0 spiro atoms. The molecule has 2 N–H and O–H groups in total. The minimum atomic E-state index is -0.975. The number of esters is 1. The second kappa shape index (κ2) is 5.80. The van der Waals surface area contributed by atoms with E-state index in [1.165, 1.54) is 4.68 Å². The highest BCUT2D eigenvalue weighted by Gasteiger charge is 2.18. The molecule has 21 heavy (non-hydrogen) atoms. The minimum absolute atomic E-state index is 0.123. The van der Waals surface area contributed by atoms with E-state index < -0.39 is 23.2 Å². The topological polar surface area (TPSA) is 70.1 Å². The quantitative estimate of drug-likeness (QED) is 0.675. The van der Waals surface area contributed by atoms with Crippen molar-refractivity contribution in [3.63, 3.8) is 0 Å². The maximum Gasteiger partial charge on any atom is 0.341 e. The van der Waals surface area contributed by atoms with E-state index >= 15 is 0 Å². The van der Waals surface area contributed by atoms with Gasteiger partial charge in [0.25, 0.3) is 0 Å². The predicted molar refractivity (Wildman–Crippen MR) is 75.5 cm³/mol. The van der Waals surface area contributed by atoms with Crippen LogP contribution in [0, 0.1) is 18.6 Å². The minimum Gasteiger partial charge on any atom is -0.455 e. The first-order valence-electron chi connectivity index (χ1n) is 5.91. The average molecular weight is 360 g/mol. The number of nitrogen functional groups attached to an aromatic ring is 1. The molecule has 0 aliphatic rings. The molecular formula is C13H12BrF2N3O2. The van der Waals surface area contributed by atoms with E-state index in [1.54, 1.807) is 14.0 Å². The Labute approximate surface area is 127 Å². The first-order valence-corrected chi connectivity index (χ1v) is 6.70. The average Bonchev–Trinajstić information content (AvgIpc) is 2.65. The first kappa shape index (κ1) is 15.4. The molecule has 0 saturated carbocycles. The number of hydrogen-bond acceptors (Lipinski definition) is 4. The zero-order chi connectivity index (χ0) is 15.7. The van der Waals surface area contributed by atoms with E-state index in [-0.39, 0.29) is 12.3 Å². The molecule has 1 aromatic heterocycles. The number of rotatable bonds is 3. The first-order chi connectivity index (χ1) is 9.81. The highest BCUT2D eigenvalue weighted by atomic mass is 79.9. The summed E-state index contributed by atoms with van der Waals surface area (Å²) >= 11 is 3.32. The lowest BCUT2D eigenvalue weighted by atomic mass is 10.2. The summed E-state index contributed by atoms with van der Waals surface area (Å²) in [4.78, 5) is 11.8. The molecule has 0 unspecified atom stereocenters. The molecule has 8 heteroatoms. The van der Waals surface area contributed by atoms with Crippen LogP contribution in [0.15, 0.2) is 16.6 Å². The van der Waals surface area contributed by atoms with Gasteiger partial charge in [0.05, 0.1) is 27.1 Å². The van der Waals surface area contributed by atoms with Crippen LogP contribution in [0.3, 0.4) is 0 Å². The van der Waals surface area contributed by atoms with Crippen molar-refractivity contribution in [2.24, 2.45) is 7.05 Å². The molecule has 0 atom stereocenters. The summed E-state index contributed by atoms with van der Waals surface area (Å²) in [6, 6.07) is 1.46. The summed E-state index contributed by atoms with van der Waals surface area (Å²) in [5.41, 5.74) is 5.68. The van der Waals surface area contributed by atoms with Crippen molar-refractivity contribution in [3.8, 4) is 0 Å². The number of aryl methyl sites for hydroxylation is 2. The van der Waals surface area contributed by atoms with E-state index in [4.69, 9.17) is 10.5 Å². The molecule has 0 fully saturated rings. The third-order valence-electron chi connectivity index (χ3n) is 2.91. The standard InChI is InChI=1S/C13H12BrF2N3O2/c1-6-12(14)11(19(2)18-6)5-21-13(20)7-3-9(16)10(17)4-8(7)15/h3-4H,5,17H2,1-2H3. The Kier molecular flexibility index (Phi) is 4.26. The molecule has 0 aliphatic heterocycles. The molecule has 0 saturated heterocycles. The molecule has 5 nitrogen and oxygen atoms in total. The van der Waals surface area contributed by atoms with Crippen molar-refractivity contribution < 1.29 is 18.3 Å². The summed E-state index contributed by atoms with van der Waals surface area (Å²) in [7, 11) is 1.68. The summed E-state index contributed by atoms with van der Waals surface area (Å²) < 4.78 is 34.1. The molecule has 0 bridgehead atoms. The molecule has 112 valence electrons. The Bertz CT molecular complexity index is 716. The molecular weight excluding hydrogens is 348 g/mol. The van der Waals surface area contributed by atoms with E-state index in [1.807, 2.05) is 0 Å². The molecule has 0 amide bonds. The normalized spacial score (nSPS) is 10.7. The lowest BCUT2D eigenvalue weighted by Crippen LogP contribution is -2.11. The van der Waals surface area contributed by atoms with Crippen molar-refractivity contribution in [1.82, 2.24) is 9.78 Å². The fourth-order valence-corrected chi connectivity index (χ4v) is 2.22. The Morgan fingerprint density at radius 2 is 2.10 bits per heavy atom. The Morgan fingerprint density at radius 1 is 1.43 bits per heavy atom. The summed E-state index contributed by atoms with van der Waals surface area (Å²) in [6.07, 6.45) is 0. The smallest absolute Gasteiger partial charge is 0.341 e. The molecule has 2 rings (SSSR count). The van der Waals surface area contributed by atoms with Crippen molar-refractivity contribution in [1.29, 1.82) is 0 Å². The van der Waals surface area contributed by atoms with Gasteiger partial charge in [0, 0.05) is 13.1 Å². The number of anilines is 1. The van der Waals surface area contributed by atoms with E-state index in [9.17, 15) is 13.6 Å². The van der Waals surface area contributed by atoms with Crippen molar-refractivity contribution in [2.45, 2.75) is 13.5 Å². The van der Waals surface area contributed by atoms with Crippen molar-refractivity contribution >= 4 is 27.6 Å². The zero-order valence-corrected chi connectivity index (χ0v) is 12.9. The number of carbonyl (C=O) groups excluding carboxylic acids is 1. The monoisotopic (exact) mass is 359 g/mol. The van der Waals surface area contributed by atoms with Gasteiger partial charge in [-0.05, 0) is 28.9 Å². The number of nitrogens with two attached hydrogens (primary N) is 1. The zero-order valence-electron chi connectivity index (χ0n) is 11.3. The van der Waals surface area contributed by atoms with Crippen LogP contribution >= 0.6 is 15.9 Å². The third-order valence-corrected chi connectivity index (χ3v) is 3.94. The maximum atomic E-state index is 13.6. The van der Waals surface area contributed by atoms with Crippen LogP contribution in [-0.4, -0.2) is 15.7 Å². The van der Waals surface area contributed by atoms with E-state index in [0.29, 0.717) is 10.2 Å². The van der Waals surface area contributed by atoms with Gasteiger partial charge in [-0.1, -0.05) is 0 Å². The number of aromatic nitrogens is 2. The number of benzene rings is 1. The lowest BCUT2D eigenvalue weighted by molar-refractivity contribution is 0.0457. The van der Waals surface area contributed by atoms with Crippen LogP contribution in [0.1, 0.15) is 21.7 Å². The largest absolute Gasteiger partial charge is 0.455 e. The van der Waals surface area contributed by atoms with Gasteiger partial charge in [-0.2, -0.15) is 5.10 Å². The predicted octanol–water partition coefficient (Wildman–Crippen LogP) is 2.71. The highest BCUT2D eigenvalue weighted by molar-refractivity contribution is 9.10. The summed E-state index contributed by atoms with van der Waals surface area (Å²) in [5, 5.41) is 4.13. The summed E-state index contributed by atoms with van der Waals surface area (Å²) in [6.45, 7) is 1.66. The van der Waals surface area contributed by atoms with Gasteiger partial charge in [-0.15, -0.1) is 0 Å². The van der Waals surface area contributed by atoms with Gasteiger partial charge in [0.2, 0.25) is 0 Å². The Hall–Kier alpha value is -1.96. The molecule has 2 aromatic rings. The van der Waals surface area contributed by atoms with Gasteiger partial charge in [0.1, 0.15) is 18.2 Å². The number of hydrogen-bond donors (Lipinski definition) is 1. The Morgan fingerprint density at radius 3 is 2.67 bits per heavy atom. The molecule has 0 radical (unpaired) electrons. The Balaban J connectivity index is 2.17. The van der Waals surface area contributed by atoms with Crippen molar-refractivity contribution in [2.75, 3.05) is 5.73 Å². The SMILES string of the molecule is Cc1nn(C)c(COC(=O)c2cc(F)c(N)cc2F)c1Br. The molecule has 1 aromatic carbocycles. The van der Waals surface area contributed by atoms with Crippen LogP contribution in [0.4, 0.5) is 14.5 Å². The fourth-order valence-electron chi connectivity index (χ4n) is 1.77. The van der Waals surface area contributed by atoms with Gasteiger partial charge in [-0.3, -0.25) is 4.68 Å². The fraction of sp³-hybridized carbons (Fsp3) is 0.231. The van der Waals surface area contributed by atoms with Gasteiger partial charge < -0.3 is 10.5 Å². The van der Waals surface area contributed by atoms with Crippen molar-refractivity contribution in [3.05, 3.63) is 45.2 Å². The summed E-state index contributed by atoms with van der Waals surface area (Å²) in [5.74, 6) is -2.78. The number of ether oxygens (including phenoxy) is 1. The van der Waals surface area contributed by atoms with Gasteiger partial charge in [0.15, 0.2) is 0 Å². The molecule has 0 aliphatic carbocycles. The second-order valence-corrected chi connectivity index (χ2v) is 5.19. The van der Waals surface area contributed by atoms with E-state index in [2.05, 4.69) is 21.0 Å². The number of carbonyl (C=O) groups is 1. The van der Waals surface area contributed by atoms with Crippen LogP contribution < -0.4 is 5.73 Å². The number of nitrogens with zero attached hydrogens (tertiary/aromatic N) is 2. The third kappa shape index (κ3) is 3.05. The second-order valence-electron chi connectivity index (χ2n) is 4.40. The highest BCUT2D eigenvalue weighted by Crippen LogP contribution is 2.22. The van der Waals surface area contributed by atoms with Gasteiger partial charge in [-0.25, -0.2) is 13.6 Å². The maximum absolute atomic E-state index is 13.6. The lowest BCUT2D eigenvalue weighted by Gasteiger charge is -2.07. The van der Waals surface area contributed by atoms with Gasteiger partial charge >= 0.3 is 5.97 Å². The van der Waals surface area contributed by atoms with Crippen LogP contribution in [0.5, 0.6) is 0 Å². The molecule has 1 heterocycles. The van der Waals surface area contributed by atoms with E-state index in [0.717, 1.165) is 17.8 Å². The van der Waals surface area contributed by atoms with Crippen LogP contribution in [-0.2, 0) is 18.4 Å². The number of halogens is 3. The van der Waals surface area contributed by atoms with Crippen LogP contribution in [0.25, 0.3) is 0 Å². The van der Waals surface area contributed by atoms with Crippen LogP contribution in [0.2, 0.25) is 0 Å².